The highest BCUT2D eigenvalue weighted by molar-refractivity contribution is 5.80. The van der Waals surface area contributed by atoms with Crippen LogP contribution in [-0.4, -0.2) is 11.1 Å². The first-order valence-corrected chi connectivity index (χ1v) is 6.07. The summed E-state index contributed by atoms with van der Waals surface area (Å²) in [6, 6.07) is 0. The van der Waals surface area contributed by atoms with Gasteiger partial charge in [0.1, 0.15) is 0 Å². The molecule has 0 bridgehead atoms. The minimum atomic E-state index is -0.971. The first-order chi connectivity index (χ1) is 8.20. The first kappa shape index (κ1) is 24.6. The highest BCUT2D eigenvalue weighted by atomic mass is 16.4. The summed E-state index contributed by atoms with van der Waals surface area (Å²) in [7, 11) is 0. The zero-order chi connectivity index (χ0) is 14.7. The molecule has 0 saturated carbocycles. The molecule has 2 nitrogen and oxygen atoms in total. The lowest BCUT2D eigenvalue weighted by Crippen LogP contribution is -1.85. The van der Waals surface area contributed by atoms with E-state index in [1.54, 1.807) is 18.2 Å². The second-order valence-electron chi connectivity index (χ2n) is 1.78. The van der Waals surface area contributed by atoms with Gasteiger partial charge in [-0.2, -0.15) is 0 Å². The predicted molar refractivity (Wildman–Crippen MR) is 79.3 cm³/mol. The summed E-state index contributed by atoms with van der Waals surface area (Å²) in [6.07, 6.45) is 7.31. The average molecular weight is 240 g/mol. The van der Waals surface area contributed by atoms with E-state index in [-0.39, 0.29) is 0 Å². The number of allylic oxidation sites excluding steroid dienone is 5. The molecule has 0 rings (SSSR count). The zero-order valence-corrected chi connectivity index (χ0v) is 12.2. The maximum atomic E-state index is 10.0. The SMILES string of the molecule is C=C/C=C(C=C)/C=C/C(=O)O.CC.CC.CC. The van der Waals surface area contributed by atoms with E-state index in [0.717, 1.165) is 11.6 Å². The molecule has 0 spiro atoms. The van der Waals surface area contributed by atoms with E-state index in [4.69, 9.17) is 5.11 Å². The van der Waals surface area contributed by atoms with Crippen molar-refractivity contribution < 1.29 is 9.90 Å². The fourth-order valence-corrected chi connectivity index (χ4v) is 0.495. The predicted octanol–water partition coefficient (Wildman–Crippen LogP) is 5.00. The highest BCUT2D eigenvalue weighted by Gasteiger charge is 1.85. The number of carboxylic acid groups (broad SMARTS) is 1. The Hall–Kier alpha value is -1.57. The minimum Gasteiger partial charge on any atom is -0.478 e. The third kappa shape index (κ3) is 31.4. The lowest BCUT2D eigenvalue weighted by atomic mass is 10.2. The van der Waals surface area contributed by atoms with E-state index >= 15 is 0 Å². The molecule has 0 atom stereocenters. The molecule has 0 aliphatic rings. The summed E-state index contributed by atoms with van der Waals surface area (Å²) in [4.78, 5) is 10.0. The van der Waals surface area contributed by atoms with Gasteiger partial charge in [0.25, 0.3) is 0 Å². The van der Waals surface area contributed by atoms with Crippen LogP contribution in [0.4, 0.5) is 0 Å². The Morgan fingerprint density at radius 2 is 1.35 bits per heavy atom. The number of rotatable bonds is 4. The summed E-state index contributed by atoms with van der Waals surface area (Å²) in [5, 5.41) is 8.25. The van der Waals surface area contributed by atoms with E-state index in [1.807, 2.05) is 41.5 Å². The molecule has 0 amide bonds. The van der Waals surface area contributed by atoms with Gasteiger partial charge in [0.15, 0.2) is 0 Å². The van der Waals surface area contributed by atoms with Crippen molar-refractivity contribution in [1.82, 2.24) is 0 Å². The van der Waals surface area contributed by atoms with Gasteiger partial charge >= 0.3 is 5.97 Å². The molecule has 2 heteroatoms. The highest BCUT2D eigenvalue weighted by Crippen LogP contribution is 1.97. The van der Waals surface area contributed by atoms with Crippen molar-refractivity contribution >= 4 is 5.97 Å². The van der Waals surface area contributed by atoms with Crippen LogP contribution in [0.25, 0.3) is 0 Å². The van der Waals surface area contributed by atoms with Gasteiger partial charge in [0, 0.05) is 6.08 Å². The van der Waals surface area contributed by atoms with Crippen molar-refractivity contribution in [1.29, 1.82) is 0 Å². The zero-order valence-electron chi connectivity index (χ0n) is 12.2. The lowest BCUT2D eigenvalue weighted by Gasteiger charge is -1.87. The minimum absolute atomic E-state index is 0.724. The monoisotopic (exact) mass is 240 g/mol. The van der Waals surface area contributed by atoms with E-state index < -0.39 is 5.97 Å². The van der Waals surface area contributed by atoms with Gasteiger partial charge in [-0.1, -0.05) is 72.9 Å². The largest absolute Gasteiger partial charge is 0.478 e. The maximum Gasteiger partial charge on any atom is 0.328 e. The summed E-state index contributed by atoms with van der Waals surface area (Å²) in [5.41, 5.74) is 0.724. The third-order valence-corrected chi connectivity index (χ3v) is 0.964. The average Bonchev–Trinajstić information content (AvgIpc) is 2.41. The molecule has 0 fully saturated rings. The Balaban J connectivity index is -0.000000121. The van der Waals surface area contributed by atoms with Crippen LogP contribution in [0.3, 0.4) is 0 Å². The molecular formula is C15H28O2. The molecule has 100 valence electrons. The smallest absolute Gasteiger partial charge is 0.328 e. The number of hydrogen-bond acceptors (Lipinski definition) is 1. The summed E-state index contributed by atoms with van der Waals surface area (Å²) in [6.45, 7) is 19.0. The van der Waals surface area contributed by atoms with E-state index in [2.05, 4.69) is 13.2 Å². The van der Waals surface area contributed by atoms with Crippen LogP contribution in [0.2, 0.25) is 0 Å². The van der Waals surface area contributed by atoms with Crippen LogP contribution in [0.1, 0.15) is 41.5 Å². The quantitative estimate of drug-likeness (QED) is 0.554. The van der Waals surface area contributed by atoms with Gasteiger partial charge < -0.3 is 5.11 Å². The maximum absolute atomic E-state index is 10.0. The molecule has 0 radical (unpaired) electrons. The van der Waals surface area contributed by atoms with Gasteiger partial charge in [0.2, 0.25) is 0 Å². The van der Waals surface area contributed by atoms with Gasteiger partial charge in [-0.3, -0.25) is 0 Å². The van der Waals surface area contributed by atoms with Crippen LogP contribution in [0, 0.1) is 0 Å². The van der Waals surface area contributed by atoms with Crippen LogP contribution in [0.15, 0.2) is 49.1 Å². The van der Waals surface area contributed by atoms with Crippen LogP contribution >= 0.6 is 0 Å². The molecule has 0 aromatic rings. The van der Waals surface area contributed by atoms with Crippen LogP contribution < -0.4 is 0 Å². The standard InChI is InChI=1S/C9H10O2.3C2H6/c1-3-5-8(4-2)6-7-9(10)11;3*1-2/h3-7H,1-2H2,(H,10,11);3*1-2H3/b7-6+,8-5+;;;. The summed E-state index contributed by atoms with van der Waals surface area (Å²) >= 11 is 0. The number of carbonyl (C=O) groups is 1. The fourth-order valence-electron chi connectivity index (χ4n) is 0.495. The van der Waals surface area contributed by atoms with E-state index in [1.165, 1.54) is 6.08 Å². The number of aliphatic carboxylic acids is 1. The van der Waals surface area contributed by atoms with Gasteiger partial charge in [-0.25, -0.2) is 4.79 Å². The Bertz CT molecular complexity index is 223. The number of carboxylic acids is 1. The summed E-state index contributed by atoms with van der Waals surface area (Å²) in [5.74, 6) is -0.971. The van der Waals surface area contributed by atoms with Crippen molar-refractivity contribution in [3.8, 4) is 0 Å². The normalized spacial score (nSPS) is 8.47. The lowest BCUT2D eigenvalue weighted by molar-refractivity contribution is -0.131. The van der Waals surface area contributed by atoms with E-state index in [0.29, 0.717) is 0 Å². The Morgan fingerprint density at radius 3 is 1.59 bits per heavy atom. The Morgan fingerprint density at radius 1 is 0.941 bits per heavy atom. The second kappa shape index (κ2) is 29.3. The molecule has 0 unspecified atom stereocenters. The Kier molecular flexibility index (Phi) is 42.3. The van der Waals surface area contributed by atoms with Gasteiger partial charge in [-0.05, 0) is 11.6 Å². The van der Waals surface area contributed by atoms with Crippen LogP contribution in [-0.2, 0) is 4.79 Å². The first-order valence-electron chi connectivity index (χ1n) is 6.07. The molecule has 0 aliphatic heterocycles. The molecule has 0 aromatic heterocycles. The van der Waals surface area contributed by atoms with Gasteiger partial charge in [0.05, 0.1) is 0 Å². The number of hydrogen-bond donors (Lipinski definition) is 1. The molecule has 0 saturated heterocycles. The second-order valence-corrected chi connectivity index (χ2v) is 1.78. The van der Waals surface area contributed by atoms with Crippen molar-refractivity contribution in [2.45, 2.75) is 41.5 Å². The van der Waals surface area contributed by atoms with Crippen molar-refractivity contribution in [2.24, 2.45) is 0 Å². The van der Waals surface area contributed by atoms with Crippen molar-refractivity contribution in [3.63, 3.8) is 0 Å². The van der Waals surface area contributed by atoms with Gasteiger partial charge in [-0.15, -0.1) is 0 Å². The molecule has 0 aromatic carbocycles. The van der Waals surface area contributed by atoms with Crippen molar-refractivity contribution in [2.75, 3.05) is 0 Å². The molecule has 0 aliphatic carbocycles. The molecular weight excluding hydrogens is 212 g/mol. The molecule has 0 heterocycles. The van der Waals surface area contributed by atoms with E-state index in [9.17, 15) is 4.79 Å². The summed E-state index contributed by atoms with van der Waals surface area (Å²) < 4.78 is 0. The fraction of sp³-hybridized carbons (Fsp3) is 0.400. The van der Waals surface area contributed by atoms with Crippen LogP contribution in [0.5, 0.6) is 0 Å². The molecule has 1 N–H and O–H groups in total. The third-order valence-electron chi connectivity index (χ3n) is 0.964. The van der Waals surface area contributed by atoms with Crippen molar-refractivity contribution in [3.05, 3.63) is 49.1 Å². The Labute approximate surface area is 107 Å². The topological polar surface area (TPSA) is 37.3 Å². The molecule has 17 heavy (non-hydrogen) atoms.